The van der Waals surface area contributed by atoms with Gasteiger partial charge >= 0.3 is 6.03 Å². The SMILES string of the molecule is CC(Oc1cccc(CN)c1)C(=O)NC(N)=O. The summed E-state index contributed by atoms with van der Waals surface area (Å²) in [6, 6.07) is 6.15. The minimum Gasteiger partial charge on any atom is -0.481 e. The number of hydrogen-bond acceptors (Lipinski definition) is 4. The molecule has 92 valence electrons. The van der Waals surface area contributed by atoms with Crippen molar-refractivity contribution >= 4 is 11.9 Å². The summed E-state index contributed by atoms with van der Waals surface area (Å²) in [5.74, 6) is -0.0734. The highest BCUT2D eigenvalue weighted by atomic mass is 16.5. The van der Waals surface area contributed by atoms with Gasteiger partial charge in [0.1, 0.15) is 5.75 Å². The molecular formula is C11H15N3O3. The number of imide groups is 1. The van der Waals surface area contributed by atoms with Crippen LogP contribution < -0.4 is 21.5 Å². The van der Waals surface area contributed by atoms with E-state index in [0.29, 0.717) is 12.3 Å². The van der Waals surface area contributed by atoms with E-state index < -0.39 is 18.0 Å². The molecule has 0 aliphatic heterocycles. The van der Waals surface area contributed by atoms with Crippen LogP contribution in [-0.4, -0.2) is 18.0 Å². The Hall–Kier alpha value is -2.08. The Labute approximate surface area is 98.9 Å². The van der Waals surface area contributed by atoms with E-state index in [9.17, 15) is 9.59 Å². The van der Waals surface area contributed by atoms with E-state index in [0.717, 1.165) is 5.56 Å². The molecule has 6 heteroatoms. The van der Waals surface area contributed by atoms with E-state index in [1.807, 2.05) is 11.4 Å². The van der Waals surface area contributed by atoms with Crippen LogP contribution >= 0.6 is 0 Å². The van der Waals surface area contributed by atoms with Crippen LogP contribution in [0.4, 0.5) is 4.79 Å². The smallest absolute Gasteiger partial charge is 0.318 e. The largest absolute Gasteiger partial charge is 0.481 e. The van der Waals surface area contributed by atoms with Crippen molar-refractivity contribution in [3.63, 3.8) is 0 Å². The van der Waals surface area contributed by atoms with Crippen molar-refractivity contribution in [2.75, 3.05) is 0 Å². The zero-order chi connectivity index (χ0) is 12.8. The van der Waals surface area contributed by atoms with Crippen LogP contribution in [-0.2, 0) is 11.3 Å². The van der Waals surface area contributed by atoms with Crippen LogP contribution in [0, 0.1) is 0 Å². The number of carbonyl (C=O) groups is 2. The highest BCUT2D eigenvalue weighted by Crippen LogP contribution is 2.14. The van der Waals surface area contributed by atoms with Gasteiger partial charge in [-0.2, -0.15) is 0 Å². The second-order valence-corrected chi connectivity index (χ2v) is 3.47. The second kappa shape index (κ2) is 5.86. The van der Waals surface area contributed by atoms with Gasteiger partial charge in [-0.25, -0.2) is 4.79 Å². The number of hydrogen-bond donors (Lipinski definition) is 3. The van der Waals surface area contributed by atoms with E-state index in [1.54, 1.807) is 18.2 Å². The molecule has 1 atom stereocenters. The highest BCUT2D eigenvalue weighted by molar-refractivity contribution is 5.95. The van der Waals surface area contributed by atoms with Crippen molar-refractivity contribution in [2.24, 2.45) is 11.5 Å². The number of primary amides is 1. The van der Waals surface area contributed by atoms with Gasteiger partial charge in [0.2, 0.25) is 0 Å². The van der Waals surface area contributed by atoms with Gasteiger partial charge < -0.3 is 16.2 Å². The molecule has 17 heavy (non-hydrogen) atoms. The molecule has 0 spiro atoms. The predicted octanol–water partition coefficient (Wildman–Crippen LogP) is 0.107. The lowest BCUT2D eigenvalue weighted by Gasteiger charge is -2.13. The zero-order valence-corrected chi connectivity index (χ0v) is 9.47. The molecule has 3 amide bonds. The number of nitrogens with one attached hydrogen (secondary N) is 1. The standard InChI is InChI=1S/C11H15N3O3/c1-7(10(15)14-11(13)16)17-9-4-2-3-8(5-9)6-12/h2-5,7H,6,12H2,1H3,(H3,13,14,15,16). The van der Waals surface area contributed by atoms with Crippen LogP contribution in [0.1, 0.15) is 12.5 Å². The fourth-order valence-corrected chi connectivity index (χ4v) is 1.23. The highest BCUT2D eigenvalue weighted by Gasteiger charge is 2.15. The van der Waals surface area contributed by atoms with E-state index in [1.165, 1.54) is 6.92 Å². The van der Waals surface area contributed by atoms with Crippen molar-refractivity contribution in [3.8, 4) is 5.75 Å². The first kappa shape index (κ1) is 13.0. The van der Waals surface area contributed by atoms with Crippen molar-refractivity contribution in [2.45, 2.75) is 19.6 Å². The molecule has 1 unspecified atom stereocenters. The number of carbonyl (C=O) groups excluding carboxylic acids is 2. The summed E-state index contributed by atoms with van der Waals surface area (Å²) in [4.78, 5) is 21.8. The van der Waals surface area contributed by atoms with Gasteiger partial charge in [-0.3, -0.25) is 10.1 Å². The molecule has 0 saturated carbocycles. The number of ether oxygens (including phenoxy) is 1. The van der Waals surface area contributed by atoms with E-state index in [4.69, 9.17) is 16.2 Å². The Morgan fingerprint density at radius 3 is 2.76 bits per heavy atom. The lowest BCUT2D eigenvalue weighted by molar-refractivity contribution is -0.126. The Morgan fingerprint density at radius 2 is 2.18 bits per heavy atom. The number of benzene rings is 1. The normalized spacial score (nSPS) is 11.6. The summed E-state index contributed by atoms with van der Waals surface area (Å²) in [5.41, 5.74) is 11.2. The van der Waals surface area contributed by atoms with Gasteiger partial charge in [0.05, 0.1) is 0 Å². The molecule has 0 fully saturated rings. The molecule has 0 aromatic heterocycles. The van der Waals surface area contributed by atoms with Crippen LogP contribution in [0.15, 0.2) is 24.3 Å². The number of urea groups is 1. The fourth-order valence-electron chi connectivity index (χ4n) is 1.23. The van der Waals surface area contributed by atoms with Crippen molar-refractivity contribution in [1.82, 2.24) is 5.32 Å². The summed E-state index contributed by atoms with van der Waals surface area (Å²) in [5, 5.41) is 1.94. The Bertz CT molecular complexity index is 420. The molecule has 0 heterocycles. The predicted molar refractivity (Wildman–Crippen MR) is 62.1 cm³/mol. The minimum atomic E-state index is -0.902. The topological polar surface area (TPSA) is 107 Å². The third kappa shape index (κ3) is 4.12. The lowest BCUT2D eigenvalue weighted by Crippen LogP contribution is -2.42. The van der Waals surface area contributed by atoms with Gasteiger partial charge in [-0.1, -0.05) is 12.1 Å². The third-order valence-electron chi connectivity index (χ3n) is 2.06. The van der Waals surface area contributed by atoms with Gasteiger partial charge in [0.25, 0.3) is 5.91 Å². The molecule has 6 nitrogen and oxygen atoms in total. The van der Waals surface area contributed by atoms with Crippen molar-refractivity contribution in [1.29, 1.82) is 0 Å². The number of nitrogens with two attached hydrogens (primary N) is 2. The molecule has 5 N–H and O–H groups in total. The van der Waals surface area contributed by atoms with Crippen LogP contribution in [0.2, 0.25) is 0 Å². The van der Waals surface area contributed by atoms with Crippen molar-refractivity contribution < 1.29 is 14.3 Å². The lowest BCUT2D eigenvalue weighted by atomic mass is 10.2. The molecule has 1 rings (SSSR count). The first-order valence-corrected chi connectivity index (χ1v) is 5.09. The van der Waals surface area contributed by atoms with E-state index >= 15 is 0 Å². The maximum Gasteiger partial charge on any atom is 0.318 e. The Balaban J connectivity index is 2.63. The van der Waals surface area contributed by atoms with E-state index in [-0.39, 0.29) is 0 Å². The van der Waals surface area contributed by atoms with Crippen molar-refractivity contribution in [3.05, 3.63) is 29.8 Å². The maximum atomic E-state index is 11.4. The molecule has 0 aliphatic carbocycles. The van der Waals surface area contributed by atoms with Crippen LogP contribution in [0.3, 0.4) is 0 Å². The summed E-state index contributed by atoms with van der Waals surface area (Å²) >= 11 is 0. The molecule has 0 radical (unpaired) electrons. The molecular weight excluding hydrogens is 222 g/mol. The van der Waals surface area contributed by atoms with Gasteiger partial charge in [-0.05, 0) is 24.6 Å². The number of amides is 3. The quantitative estimate of drug-likeness (QED) is 0.690. The summed E-state index contributed by atoms with van der Waals surface area (Å²) in [7, 11) is 0. The third-order valence-corrected chi connectivity index (χ3v) is 2.06. The summed E-state index contributed by atoms with van der Waals surface area (Å²) in [6.45, 7) is 1.91. The van der Waals surface area contributed by atoms with Gasteiger partial charge in [0.15, 0.2) is 6.10 Å². The molecule has 1 aromatic carbocycles. The molecule has 0 aliphatic rings. The Morgan fingerprint density at radius 1 is 1.47 bits per heavy atom. The second-order valence-electron chi connectivity index (χ2n) is 3.47. The zero-order valence-electron chi connectivity index (χ0n) is 9.47. The van der Waals surface area contributed by atoms with Gasteiger partial charge in [0, 0.05) is 6.54 Å². The molecule has 0 bridgehead atoms. The summed E-state index contributed by atoms with van der Waals surface area (Å²) < 4.78 is 5.34. The summed E-state index contributed by atoms with van der Waals surface area (Å²) in [6.07, 6.45) is -0.810. The average molecular weight is 237 g/mol. The minimum absolute atomic E-state index is 0.388. The molecule has 1 aromatic rings. The fraction of sp³-hybridized carbons (Fsp3) is 0.273. The maximum absolute atomic E-state index is 11.4. The van der Waals surface area contributed by atoms with Crippen LogP contribution in [0.25, 0.3) is 0 Å². The average Bonchev–Trinajstić information content (AvgIpc) is 2.28. The van der Waals surface area contributed by atoms with Gasteiger partial charge in [-0.15, -0.1) is 0 Å². The van der Waals surface area contributed by atoms with E-state index in [2.05, 4.69) is 0 Å². The first-order valence-electron chi connectivity index (χ1n) is 5.09. The Kier molecular flexibility index (Phi) is 4.47. The molecule has 0 saturated heterocycles. The monoisotopic (exact) mass is 237 g/mol. The van der Waals surface area contributed by atoms with Crippen LogP contribution in [0.5, 0.6) is 5.75 Å². The number of rotatable bonds is 4. The first-order chi connectivity index (χ1) is 8.02.